The predicted molar refractivity (Wildman–Crippen MR) is 38.4 cm³/mol. The van der Waals surface area contributed by atoms with Gasteiger partial charge in [-0.25, -0.2) is 10.7 Å². The summed E-state index contributed by atoms with van der Waals surface area (Å²) >= 11 is 0. The number of carbonyl (C=O) groups excluding carboxylic acids is 1. The average molecular weight is 159 g/mol. The van der Waals surface area contributed by atoms with Gasteiger partial charge in [-0.05, 0) is 12.3 Å². The van der Waals surface area contributed by atoms with E-state index in [-0.39, 0.29) is 5.97 Å². The van der Waals surface area contributed by atoms with Crippen LogP contribution in [0.25, 0.3) is 0 Å². The molecule has 1 atom stereocenters. The van der Waals surface area contributed by atoms with Gasteiger partial charge in [0.15, 0.2) is 6.10 Å². The number of esters is 1. The number of hydrogen-bond acceptors (Lipinski definition) is 4. The van der Waals surface area contributed by atoms with Crippen LogP contribution in [-0.2, 0) is 14.4 Å². The van der Waals surface area contributed by atoms with E-state index in [4.69, 9.17) is 5.90 Å². The van der Waals surface area contributed by atoms with E-state index in [0.717, 1.165) is 0 Å². The molecule has 0 aromatic rings. The molecule has 0 aromatic carbocycles. The molecule has 0 unspecified atom stereocenters. The highest BCUT2D eigenvalue weighted by molar-refractivity contribution is 5.74. The first kappa shape index (κ1) is 8.49. The lowest BCUT2D eigenvalue weighted by atomic mass is 10.2. The van der Waals surface area contributed by atoms with Crippen molar-refractivity contribution >= 4 is 5.97 Å². The maximum atomic E-state index is 10.9. The Morgan fingerprint density at radius 1 is 1.73 bits per heavy atom. The molecular formula is C7H13NO3. The topological polar surface area (TPSA) is 61.5 Å². The van der Waals surface area contributed by atoms with E-state index >= 15 is 0 Å². The second-order valence-electron chi connectivity index (χ2n) is 2.83. The Balaban J connectivity index is 2.27. The fourth-order valence-electron chi connectivity index (χ4n) is 0.995. The lowest BCUT2D eigenvalue weighted by molar-refractivity contribution is -0.155. The molecule has 1 rings (SSSR count). The van der Waals surface area contributed by atoms with Gasteiger partial charge in [-0.15, -0.1) is 0 Å². The second kappa shape index (κ2) is 3.69. The standard InChI is InChI=1S/C7H13NO3/c1-10-7(9)6(11-8)4-5-2-3-5/h5-6H,2-4,8H2,1H3/t6-/m1/s1. The van der Waals surface area contributed by atoms with Crippen LogP contribution in [0, 0.1) is 5.92 Å². The normalized spacial score (nSPS) is 19.5. The largest absolute Gasteiger partial charge is 0.467 e. The van der Waals surface area contributed by atoms with E-state index in [9.17, 15) is 4.79 Å². The van der Waals surface area contributed by atoms with Gasteiger partial charge in [0.1, 0.15) is 0 Å². The Kier molecular flexibility index (Phi) is 2.84. The van der Waals surface area contributed by atoms with Crippen molar-refractivity contribution in [2.24, 2.45) is 11.8 Å². The van der Waals surface area contributed by atoms with Gasteiger partial charge >= 0.3 is 5.97 Å². The molecule has 11 heavy (non-hydrogen) atoms. The molecule has 0 aromatic heterocycles. The van der Waals surface area contributed by atoms with E-state index < -0.39 is 6.10 Å². The first-order valence-corrected chi connectivity index (χ1v) is 3.71. The second-order valence-corrected chi connectivity index (χ2v) is 2.83. The summed E-state index contributed by atoms with van der Waals surface area (Å²) in [5, 5.41) is 0. The molecule has 1 aliphatic carbocycles. The first-order valence-electron chi connectivity index (χ1n) is 3.71. The van der Waals surface area contributed by atoms with E-state index in [2.05, 4.69) is 9.57 Å². The Bertz CT molecular complexity index is 145. The Hall–Kier alpha value is -0.610. The van der Waals surface area contributed by atoms with Crippen LogP contribution in [0.4, 0.5) is 0 Å². The molecule has 0 bridgehead atoms. The van der Waals surface area contributed by atoms with Crippen LogP contribution in [0.2, 0.25) is 0 Å². The van der Waals surface area contributed by atoms with Crippen molar-refractivity contribution in [2.75, 3.05) is 7.11 Å². The molecule has 0 aliphatic heterocycles. The van der Waals surface area contributed by atoms with Crippen molar-refractivity contribution in [1.82, 2.24) is 0 Å². The molecule has 1 fully saturated rings. The third-order valence-electron chi connectivity index (χ3n) is 1.87. The zero-order valence-electron chi connectivity index (χ0n) is 6.58. The summed E-state index contributed by atoms with van der Waals surface area (Å²) in [7, 11) is 1.33. The van der Waals surface area contributed by atoms with E-state index in [1.54, 1.807) is 0 Å². The highest BCUT2D eigenvalue weighted by Gasteiger charge is 2.30. The SMILES string of the molecule is COC(=O)[C@@H](CC1CC1)ON. The summed E-state index contributed by atoms with van der Waals surface area (Å²) < 4.78 is 4.49. The number of carbonyl (C=O) groups is 1. The maximum Gasteiger partial charge on any atom is 0.337 e. The fraction of sp³-hybridized carbons (Fsp3) is 0.857. The zero-order valence-corrected chi connectivity index (χ0v) is 6.58. The zero-order chi connectivity index (χ0) is 8.27. The van der Waals surface area contributed by atoms with E-state index in [1.165, 1.54) is 20.0 Å². The van der Waals surface area contributed by atoms with Crippen molar-refractivity contribution in [3.63, 3.8) is 0 Å². The van der Waals surface area contributed by atoms with E-state index in [1.807, 2.05) is 0 Å². The summed E-state index contributed by atoms with van der Waals surface area (Å²) in [4.78, 5) is 15.4. The van der Waals surface area contributed by atoms with Gasteiger partial charge in [0.25, 0.3) is 0 Å². The Labute approximate surface area is 65.6 Å². The molecule has 0 heterocycles. The van der Waals surface area contributed by atoms with Crippen molar-refractivity contribution in [2.45, 2.75) is 25.4 Å². The summed E-state index contributed by atoms with van der Waals surface area (Å²) in [6, 6.07) is 0. The fourth-order valence-corrected chi connectivity index (χ4v) is 0.995. The maximum absolute atomic E-state index is 10.9. The number of methoxy groups -OCH3 is 1. The molecule has 1 saturated carbocycles. The highest BCUT2D eigenvalue weighted by atomic mass is 16.6. The molecule has 0 radical (unpaired) electrons. The van der Waals surface area contributed by atoms with Crippen LogP contribution in [0.3, 0.4) is 0 Å². The minimum absolute atomic E-state index is 0.376. The molecule has 1 aliphatic rings. The van der Waals surface area contributed by atoms with Gasteiger partial charge in [0, 0.05) is 0 Å². The molecule has 2 N–H and O–H groups in total. The Morgan fingerprint density at radius 2 is 2.36 bits per heavy atom. The molecule has 64 valence electrons. The minimum Gasteiger partial charge on any atom is -0.467 e. The van der Waals surface area contributed by atoms with Gasteiger partial charge in [0.05, 0.1) is 7.11 Å². The van der Waals surface area contributed by atoms with Crippen molar-refractivity contribution < 1.29 is 14.4 Å². The number of rotatable bonds is 4. The summed E-state index contributed by atoms with van der Waals surface area (Å²) in [6.07, 6.45) is 2.49. The molecular weight excluding hydrogens is 146 g/mol. The molecule has 4 heteroatoms. The quantitative estimate of drug-likeness (QED) is 0.470. The molecule has 0 spiro atoms. The van der Waals surface area contributed by atoms with Crippen molar-refractivity contribution in [1.29, 1.82) is 0 Å². The molecule has 0 saturated heterocycles. The third kappa shape index (κ3) is 2.48. The summed E-state index contributed by atoms with van der Waals surface area (Å²) in [5.74, 6) is 5.16. The van der Waals surface area contributed by atoms with Crippen LogP contribution in [0.5, 0.6) is 0 Å². The van der Waals surface area contributed by atoms with Crippen LogP contribution in [0.1, 0.15) is 19.3 Å². The summed E-state index contributed by atoms with van der Waals surface area (Å²) in [6.45, 7) is 0. The van der Waals surface area contributed by atoms with E-state index in [0.29, 0.717) is 12.3 Å². The highest BCUT2D eigenvalue weighted by Crippen LogP contribution is 2.34. The molecule has 4 nitrogen and oxygen atoms in total. The van der Waals surface area contributed by atoms with Crippen LogP contribution in [0.15, 0.2) is 0 Å². The Morgan fingerprint density at radius 3 is 2.73 bits per heavy atom. The van der Waals surface area contributed by atoms with Gasteiger partial charge in [-0.3, -0.25) is 4.84 Å². The van der Waals surface area contributed by atoms with Gasteiger partial charge in [-0.2, -0.15) is 0 Å². The number of hydrogen-bond donors (Lipinski definition) is 1. The molecule has 0 amide bonds. The number of ether oxygens (including phenoxy) is 1. The lowest BCUT2D eigenvalue weighted by Gasteiger charge is -2.10. The van der Waals surface area contributed by atoms with Gasteiger partial charge < -0.3 is 4.74 Å². The average Bonchev–Trinajstić information content (AvgIpc) is 2.82. The van der Waals surface area contributed by atoms with Crippen molar-refractivity contribution in [3.8, 4) is 0 Å². The predicted octanol–water partition coefficient (Wildman–Crippen LogP) is 0.218. The third-order valence-corrected chi connectivity index (χ3v) is 1.87. The van der Waals surface area contributed by atoms with Crippen LogP contribution in [-0.4, -0.2) is 19.2 Å². The van der Waals surface area contributed by atoms with Gasteiger partial charge in [-0.1, -0.05) is 12.8 Å². The van der Waals surface area contributed by atoms with Crippen LogP contribution >= 0.6 is 0 Å². The van der Waals surface area contributed by atoms with Gasteiger partial charge in [0.2, 0.25) is 0 Å². The monoisotopic (exact) mass is 159 g/mol. The first-order chi connectivity index (χ1) is 5.27. The van der Waals surface area contributed by atoms with Crippen molar-refractivity contribution in [3.05, 3.63) is 0 Å². The van der Waals surface area contributed by atoms with Crippen LogP contribution < -0.4 is 5.90 Å². The minimum atomic E-state index is -0.563. The lowest BCUT2D eigenvalue weighted by Crippen LogP contribution is -2.28. The number of nitrogens with two attached hydrogens (primary N) is 1. The smallest absolute Gasteiger partial charge is 0.337 e. The summed E-state index contributed by atoms with van der Waals surface area (Å²) in [5.41, 5.74) is 0.